The van der Waals surface area contributed by atoms with Crippen LogP contribution in [0, 0.1) is 5.92 Å². The lowest BCUT2D eigenvalue weighted by Gasteiger charge is -2.32. The molecule has 3 N–H and O–H groups in total. The van der Waals surface area contributed by atoms with Crippen LogP contribution in [0.2, 0.25) is 0 Å². The molecule has 1 aliphatic carbocycles. The smallest absolute Gasteiger partial charge is 0.223 e. The van der Waals surface area contributed by atoms with Crippen molar-refractivity contribution in [3.8, 4) is 0 Å². The van der Waals surface area contributed by atoms with Crippen molar-refractivity contribution in [2.45, 2.75) is 50.7 Å². The number of amides is 1. The number of aromatic nitrogens is 3. The van der Waals surface area contributed by atoms with Gasteiger partial charge in [-0.05, 0) is 44.3 Å². The van der Waals surface area contributed by atoms with Gasteiger partial charge in [0.25, 0.3) is 0 Å². The zero-order valence-corrected chi connectivity index (χ0v) is 16.6. The van der Waals surface area contributed by atoms with Crippen LogP contribution in [0.25, 0.3) is 0 Å². The molecule has 1 saturated carbocycles. The first-order valence-electron chi connectivity index (χ1n) is 10.3. The Morgan fingerprint density at radius 3 is 2.57 bits per heavy atom. The summed E-state index contributed by atoms with van der Waals surface area (Å²) in [6.45, 7) is 3.23. The molecule has 1 aliphatic heterocycles. The van der Waals surface area contributed by atoms with Crippen LogP contribution in [0.4, 0.5) is 0 Å². The number of piperidine rings is 1. The SMILES string of the molecule is Cn1c(CN2CCC(C(=O)NCc3ccccc3)CC2)nnc1C1CC(N)C1. The number of carbonyl (C=O) groups excluding carboxylic acids is 1. The lowest BCUT2D eigenvalue weighted by atomic mass is 9.80. The second kappa shape index (κ2) is 8.41. The van der Waals surface area contributed by atoms with Gasteiger partial charge in [-0.1, -0.05) is 30.3 Å². The van der Waals surface area contributed by atoms with Crippen LogP contribution in [0.5, 0.6) is 0 Å². The maximum absolute atomic E-state index is 12.5. The normalized spacial score (nSPS) is 23.4. The summed E-state index contributed by atoms with van der Waals surface area (Å²) in [4.78, 5) is 14.8. The molecule has 7 heteroatoms. The second-order valence-corrected chi connectivity index (χ2v) is 8.22. The van der Waals surface area contributed by atoms with Crippen molar-refractivity contribution in [1.29, 1.82) is 0 Å². The molecule has 0 atom stereocenters. The minimum absolute atomic E-state index is 0.103. The Morgan fingerprint density at radius 1 is 1.18 bits per heavy atom. The first-order chi connectivity index (χ1) is 13.6. The summed E-state index contributed by atoms with van der Waals surface area (Å²) in [7, 11) is 2.05. The van der Waals surface area contributed by atoms with E-state index in [1.54, 1.807) is 0 Å². The first-order valence-corrected chi connectivity index (χ1v) is 10.3. The van der Waals surface area contributed by atoms with Crippen molar-refractivity contribution < 1.29 is 4.79 Å². The van der Waals surface area contributed by atoms with Gasteiger partial charge in [0.2, 0.25) is 5.91 Å². The number of nitrogens with one attached hydrogen (secondary N) is 1. The monoisotopic (exact) mass is 382 g/mol. The van der Waals surface area contributed by atoms with E-state index in [1.165, 1.54) is 0 Å². The molecule has 7 nitrogen and oxygen atoms in total. The zero-order valence-electron chi connectivity index (χ0n) is 16.6. The Kier molecular flexibility index (Phi) is 5.73. The molecule has 0 spiro atoms. The average molecular weight is 383 g/mol. The van der Waals surface area contributed by atoms with Gasteiger partial charge in [0.15, 0.2) is 0 Å². The van der Waals surface area contributed by atoms with E-state index in [4.69, 9.17) is 5.73 Å². The minimum atomic E-state index is 0.103. The van der Waals surface area contributed by atoms with Gasteiger partial charge in [-0.2, -0.15) is 0 Å². The van der Waals surface area contributed by atoms with E-state index in [1.807, 2.05) is 30.3 Å². The highest BCUT2D eigenvalue weighted by atomic mass is 16.1. The van der Waals surface area contributed by atoms with Crippen LogP contribution in [-0.4, -0.2) is 44.7 Å². The van der Waals surface area contributed by atoms with E-state index in [0.717, 1.165) is 62.5 Å². The predicted octanol–water partition coefficient (Wildman–Crippen LogP) is 1.55. The number of hydrogen-bond donors (Lipinski definition) is 2. The van der Waals surface area contributed by atoms with Gasteiger partial charge >= 0.3 is 0 Å². The molecular formula is C21H30N6O. The van der Waals surface area contributed by atoms with Gasteiger partial charge in [-0.25, -0.2) is 0 Å². The molecule has 0 unspecified atom stereocenters. The maximum Gasteiger partial charge on any atom is 0.223 e. The van der Waals surface area contributed by atoms with Crippen LogP contribution in [0.15, 0.2) is 30.3 Å². The number of nitrogens with zero attached hydrogens (tertiary/aromatic N) is 4. The molecule has 2 aliphatic rings. The standard InChI is InChI=1S/C21H30N6O/c1-26-19(24-25-20(26)17-11-18(22)12-17)14-27-9-7-16(8-10-27)21(28)23-13-15-5-3-2-4-6-15/h2-6,16-18H,7-14,22H2,1H3,(H,23,28). The quantitative estimate of drug-likeness (QED) is 0.791. The molecule has 1 aromatic heterocycles. The fourth-order valence-corrected chi connectivity index (χ4v) is 4.22. The Labute approximate surface area is 166 Å². The van der Waals surface area contributed by atoms with E-state index in [-0.39, 0.29) is 11.8 Å². The molecule has 2 fully saturated rings. The molecule has 1 saturated heterocycles. The third kappa shape index (κ3) is 4.25. The molecule has 150 valence electrons. The minimum Gasteiger partial charge on any atom is -0.352 e. The summed E-state index contributed by atoms with van der Waals surface area (Å²) in [6.07, 6.45) is 3.80. The molecule has 2 aromatic rings. The number of likely N-dealkylation sites (tertiary alicyclic amines) is 1. The van der Waals surface area contributed by atoms with Crippen LogP contribution in [0.1, 0.15) is 48.8 Å². The summed E-state index contributed by atoms with van der Waals surface area (Å²) in [5.74, 6) is 2.80. The highest BCUT2D eigenvalue weighted by Crippen LogP contribution is 2.34. The largest absolute Gasteiger partial charge is 0.352 e. The van der Waals surface area contributed by atoms with E-state index < -0.39 is 0 Å². The van der Waals surface area contributed by atoms with Gasteiger partial charge in [0, 0.05) is 31.5 Å². The molecule has 4 rings (SSSR count). The van der Waals surface area contributed by atoms with Crippen molar-refractivity contribution in [3.05, 3.63) is 47.5 Å². The summed E-state index contributed by atoms with van der Waals surface area (Å²) in [5.41, 5.74) is 7.04. The van der Waals surface area contributed by atoms with Crippen LogP contribution >= 0.6 is 0 Å². The maximum atomic E-state index is 12.5. The molecule has 28 heavy (non-hydrogen) atoms. The zero-order chi connectivity index (χ0) is 19.5. The molecular weight excluding hydrogens is 352 g/mol. The third-order valence-electron chi connectivity index (χ3n) is 6.17. The summed E-state index contributed by atoms with van der Waals surface area (Å²) >= 11 is 0. The first kappa shape index (κ1) is 19.1. The Bertz CT molecular complexity index is 790. The predicted molar refractivity (Wildman–Crippen MR) is 107 cm³/mol. The van der Waals surface area contributed by atoms with E-state index in [0.29, 0.717) is 18.5 Å². The average Bonchev–Trinajstić information content (AvgIpc) is 3.05. The number of benzene rings is 1. The van der Waals surface area contributed by atoms with Crippen LogP contribution < -0.4 is 11.1 Å². The Hall–Kier alpha value is -2.25. The fraction of sp³-hybridized carbons (Fsp3) is 0.571. The van der Waals surface area contributed by atoms with Gasteiger partial charge in [0.05, 0.1) is 6.54 Å². The van der Waals surface area contributed by atoms with Crippen molar-refractivity contribution in [3.63, 3.8) is 0 Å². The van der Waals surface area contributed by atoms with Gasteiger partial charge in [0.1, 0.15) is 11.6 Å². The van der Waals surface area contributed by atoms with Crippen molar-refractivity contribution in [1.82, 2.24) is 25.0 Å². The molecule has 1 amide bonds. The summed E-state index contributed by atoms with van der Waals surface area (Å²) in [6, 6.07) is 10.4. The second-order valence-electron chi connectivity index (χ2n) is 8.22. The van der Waals surface area contributed by atoms with Gasteiger partial charge in [-0.3, -0.25) is 9.69 Å². The number of rotatable bonds is 6. The molecule has 1 aromatic carbocycles. The topological polar surface area (TPSA) is 89.1 Å². The van der Waals surface area contributed by atoms with E-state index in [2.05, 4.69) is 32.0 Å². The lowest BCUT2D eigenvalue weighted by Crippen LogP contribution is -2.40. The van der Waals surface area contributed by atoms with Crippen molar-refractivity contribution >= 4 is 5.91 Å². The van der Waals surface area contributed by atoms with Crippen LogP contribution in [0.3, 0.4) is 0 Å². The Morgan fingerprint density at radius 2 is 1.89 bits per heavy atom. The van der Waals surface area contributed by atoms with Crippen LogP contribution in [-0.2, 0) is 24.9 Å². The Balaban J connectivity index is 1.24. The van der Waals surface area contributed by atoms with E-state index in [9.17, 15) is 4.79 Å². The lowest BCUT2D eigenvalue weighted by molar-refractivity contribution is -0.126. The summed E-state index contributed by atoms with van der Waals surface area (Å²) < 4.78 is 2.13. The number of carbonyl (C=O) groups is 1. The molecule has 2 heterocycles. The van der Waals surface area contributed by atoms with Crippen molar-refractivity contribution in [2.75, 3.05) is 13.1 Å². The highest BCUT2D eigenvalue weighted by molar-refractivity contribution is 5.78. The number of nitrogens with two attached hydrogens (primary N) is 1. The third-order valence-corrected chi connectivity index (χ3v) is 6.17. The van der Waals surface area contributed by atoms with Crippen molar-refractivity contribution in [2.24, 2.45) is 18.7 Å². The van der Waals surface area contributed by atoms with E-state index >= 15 is 0 Å². The fourth-order valence-electron chi connectivity index (χ4n) is 4.22. The molecule has 0 bridgehead atoms. The van der Waals surface area contributed by atoms with Gasteiger partial charge in [-0.15, -0.1) is 10.2 Å². The van der Waals surface area contributed by atoms with Gasteiger partial charge < -0.3 is 15.6 Å². The molecule has 0 radical (unpaired) electrons. The summed E-state index contributed by atoms with van der Waals surface area (Å²) in [5, 5.41) is 11.9. The highest BCUT2D eigenvalue weighted by Gasteiger charge is 2.32. The number of hydrogen-bond acceptors (Lipinski definition) is 5.